The molecule has 0 heterocycles. The number of carboxylic acid groups (broad SMARTS) is 1. The van der Waals surface area contributed by atoms with Crippen molar-refractivity contribution < 1.29 is 24.4 Å². The van der Waals surface area contributed by atoms with Crippen molar-refractivity contribution in [1.82, 2.24) is 0 Å². The van der Waals surface area contributed by atoms with Crippen molar-refractivity contribution in [3.63, 3.8) is 0 Å². The predicted molar refractivity (Wildman–Crippen MR) is 35.5 cm³/mol. The molecule has 0 aromatic rings. The molecule has 0 aromatic carbocycles. The fourth-order valence-electron chi connectivity index (χ4n) is 0.412. The molecule has 0 amide bonds. The summed E-state index contributed by atoms with van der Waals surface area (Å²) in [6.07, 6.45) is -0.645. The standard InChI is InChI=1S/C5H7O5P/c1-5(9,11-10)2-3(6)4(7)8/h9H,2H2,1H3,(H,7,8). The average Bonchev–Trinajstić information content (AvgIpc) is 1.87. The SMILES string of the molecule is CC(O)(CC(=O)C(=O)O)P=O. The van der Waals surface area contributed by atoms with Gasteiger partial charge in [0, 0.05) is 0 Å². The predicted octanol–water partition coefficient (Wildman–Crippen LogP) is 0.0304. The number of carbonyl (C=O) groups is 2. The number of Topliss-reactive ketones (excluding diaryl/α,β-unsaturated/α-hetero) is 1. The van der Waals surface area contributed by atoms with Crippen molar-refractivity contribution in [2.24, 2.45) is 0 Å². The monoisotopic (exact) mass is 178 g/mol. The van der Waals surface area contributed by atoms with Gasteiger partial charge in [0.15, 0.2) is 8.46 Å². The molecule has 0 aromatic heterocycles. The Bertz CT molecular complexity index is 197. The lowest BCUT2D eigenvalue weighted by atomic mass is 10.2. The number of carbonyl (C=O) groups excluding carboxylic acids is 1. The normalized spacial score (nSPS) is 15.8. The van der Waals surface area contributed by atoms with Crippen LogP contribution in [0.25, 0.3) is 0 Å². The van der Waals surface area contributed by atoms with Gasteiger partial charge in [0.05, 0.1) is 6.42 Å². The summed E-state index contributed by atoms with van der Waals surface area (Å²) in [6, 6.07) is 0. The van der Waals surface area contributed by atoms with E-state index in [0.717, 1.165) is 6.92 Å². The average molecular weight is 178 g/mol. The van der Waals surface area contributed by atoms with Gasteiger partial charge >= 0.3 is 5.97 Å². The largest absolute Gasteiger partial charge is 0.475 e. The number of aliphatic hydroxyl groups is 1. The van der Waals surface area contributed by atoms with Crippen LogP contribution in [0.1, 0.15) is 13.3 Å². The second-order valence-electron chi connectivity index (χ2n) is 2.21. The third kappa shape index (κ3) is 3.80. The first-order valence-electron chi connectivity index (χ1n) is 2.72. The van der Waals surface area contributed by atoms with Gasteiger partial charge in [0.2, 0.25) is 5.78 Å². The molecule has 2 N–H and O–H groups in total. The number of aliphatic carboxylic acids is 1. The lowest BCUT2D eigenvalue weighted by Gasteiger charge is -2.10. The van der Waals surface area contributed by atoms with E-state index in [-0.39, 0.29) is 0 Å². The molecule has 0 radical (unpaired) electrons. The molecule has 0 fully saturated rings. The molecule has 11 heavy (non-hydrogen) atoms. The first kappa shape index (κ1) is 10.2. The molecule has 0 aliphatic carbocycles. The van der Waals surface area contributed by atoms with Crippen LogP contribution in [0, 0.1) is 0 Å². The minimum atomic E-state index is -1.77. The summed E-state index contributed by atoms with van der Waals surface area (Å²) in [7, 11) is -0.657. The molecular weight excluding hydrogens is 171 g/mol. The van der Waals surface area contributed by atoms with E-state index < -0.39 is 32.0 Å². The van der Waals surface area contributed by atoms with E-state index in [4.69, 9.17) is 10.2 Å². The Hall–Kier alpha value is -0.800. The van der Waals surface area contributed by atoms with E-state index in [1.807, 2.05) is 0 Å². The zero-order chi connectivity index (χ0) is 9.07. The first-order chi connectivity index (χ1) is 4.89. The van der Waals surface area contributed by atoms with Crippen LogP contribution in [0.2, 0.25) is 0 Å². The van der Waals surface area contributed by atoms with Crippen molar-refractivity contribution in [2.45, 2.75) is 18.7 Å². The van der Waals surface area contributed by atoms with Crippen LogP contribution in [0.4, 0.5) is 0 Å². The Morgan fingerprint density at radius 3 is 2.27 bits per heavy atom. The van der Waals surface area contributed by atoms with E-state index in [2.05, 4.69) is 0 Å². The lowest BCUT2D eigenvalue weighted by molar-refractivity contribution is -0.150. The molecule has 1 unspecified atom stereocenters. The molecule has 0 aliphatic rings. The van der Waals surface area contributed by atoms with Crippen molar-refractivity contribution in [2.75, 3.05) is 0 Å². The number of hydrogen-bond acceptors (Lipinski definition) is 4. The van der Waals surface area contributed by atoms with Gasteiger partial charge in [-0.05, 0) is 6.92 Å². The van der Waals surface area contributed by atoms with Crippen LogP contribution in [0.5, 0.6) is 0 Å². The van der Waals surface area contributed by atoms with Gasteiger partial charge in [-0.15, -0.1) is 0 Å². The summed E-state index contributed by atoms with van der Waals surface area (Å²) in [5.74, 6) is -2.78. The van der Waals surface area contributed by atoms with Crippen molar-refractivity contribution in [3.05, 3.63) is 0 Å². The van der Waals surface area contributed by atoms with Crippen LogP contribution in [-0.4, -0.2) is 27.3 Å². The minimum Gasteiger partial charge on any atom is -0.475 e. The molecule has 6 heteroatoms. The Kier molecular flexibility index (Phi) is 3.29. The van der Waals surface area contributed by atoms with Crippen molar-refractivity contribution in [1.29, 1.82) is 0 Å². The molecule has 1 atom stereocenters. The van der Waals surface area contributed by atoms with Crippen LogP contribution in [-0.2, 0) is 14.2 Å². The number of carboxylic acids is 1. The molecule has 62 valence electrons. The summed E-state index contributed by atoms with van der Waals surface area (Å²) in [5.41, 5.74) is 0. The highest BCUT2D eigenvalue weighted by Gasteiger charge is 2.27. The molecular formula is C5H7O5P. The Labute approximate surface area is 64.2 Å². The molecule has 0 saturated heterocycles. The van der Waals surface area contributed by atoms with Gasteiger partial charge in [0.25, 0.3) is 0 Å². The zero-order valence-corrected chi connectivity index (χ0v) is 6.67. The highest BCUT2D eigenvalue weighted by molar-refractivity contribution is 7.25. The van der Waals surface area contributed by atoms with Crippen LogP contribution >= 0.6 is 8.46 Å². The zero-order valence-electron chi connectivity index (χ0n) is 5.77. The van der Waals surface area contributed by atoms with E-state index in [1.54, 1.807) is 0 Å². The van der Waals surface area contributed by atoms with Crippen LogP contribution in [0.15, 0.2) is 0 Å². The molecule has 0 rings (SSSR count). The van der Waals surface area contributed by atoms with Gasteiger partial charge in [-0.3, -0.25) is 9.36 Å². The molecule has 0 bridgehead atoms. The van der Waals surface area contributed by atoms with Gasteiger partial charge in [0.1, 0.15) is 5.34 Å². The second-order valence-corrected chi connectivity index (χ2v) is 3.36. The fourth-order valence-corrected chi connectivity index (χ4v) is 0.620. The maximum absolute atomic E-state index is 10.4. The van der Waals surface area contributed by atoms with Gasteiger partial charge in [-0.2, -0.15) is 0 Å². The number of rotatable bonds is 4. The quantitative estimate of drug-likeness (QED) is 0.468. The Morgan fingerprint density at radius 1 is 1.55 bits per heavy atom. The van der Waals surface area contributed by atoms with Gasteiger partial charge < -0.3 is 10.2 Å². The highest BCUT2D eigenvalue weighted by atomic mass is 31.1. The highest BCUT2D eigenvalue weighted by Crippen LogP contribution is 2.22. The van der Waals surface area contributed by atoms with Crippen LogP contribution < -0.4 is 0 Å². The molecule has 0 aliphatic heterocycles. The Balaban J connectivity index is 4.15. The molecule has 0 spiro atoms. The van der Waals surface area contributed by atoms with Crippen molar-refractivity contribution in [3.8, 4) is 0 Å². The Morgan fingerprint density at radius 2 is 2.00 bits per heavy atom. The summed E-state index contributed by atoms with van der Waals surface area (Å²) in [4.78, 5) is 20.3. The van der Waals surface area contributed by atoms with E-state index in [9.17, 15) is 14.2 Å². The van der Waals surface area contributed by atoms with Crippen molar-refractivity contribution >= 4 is 20.2 Å². The maximum Gasteiger partial charge on any atom is 0.372 e. The number of hydrogen-bond donors (Lipinski definition) is 2. The molecule has 0 saturated carbocycles. The van der Waals surface area contributed by atoms with E-state index in [1.165, 1.54) is 0 Å². The third-order valence-electron chi connectivity index (χ3n) is 0.931. The third-order valence-corrected chi connectivity index (χ3v) is 1.48. The van der Waals surface area contributed by atoms with Gasteiger partial charge in [-0.1, -0.05) is 0 Å². The fraction of sp³-hybridized carbons (Fsp3) is 0.600. The summed E-state index contributed by atoms with van der Waals surface area (Å²) in [6.45, 7) is 1.11. The van der Waals surface area contributed by atoms with Gasteiger partial charge in [-0.25, -0.2) is 4.79 Å². The maximum atomic E-state index is 10.4. The smallest absolute Gasteiger partial charge is 0.372 e. The minimum absolute atomic E-state index is 0.645. The van der Waals surface area contributed by atoms with Crippen LogP contribution in [0.3, 0.4) is 0 Å². The second kappa shape index (κ2) is 3.55. The summed E-state index contributed by atoms with van der Waals surface area (Å²) in [5, 5.41) is 15.2. The van der Waals surface area contributed by atoms with E-state index in [0.29, 0.717) is 0 Å². The first-order valence-corrected chi connectivity index (χ1v) is 3.53. The lowest BCUT2D eigenvalue weighted by Crippen LogP contribution is -2.25. The molecule has 5 nitrogen and oxygen atoms in total. The van der Waals surface area contributed by atoms with E-state index >= 15 is 0 Å². The number of ketones is 1. The summed E-state index contributed by atoms with van der Waals surface area (Å²) >= 11 is 0. The summed E-state index contributed by atoms with van der Waals surface area (Å²) < 4.78 is 10.1. The topological polar surface area (TPSA) is 91.7 Å².